The molecule has 0 radical (unpaired) electrons. The van der Waals surface area contributed by atoms with Gasteiger partial charge in [-0.1, -0.05) is 11.6 Å². The summed E-state index contributed by atoms with van der Waals surface area (Å²) in [5.74, 6) is 1.14. The average Bonchev–Trinajstić information content (AvgIpc) is 2.86. The maximum Gasteiger partial charge on any atom is 0.387 e. The summed E-state index contributed by atoms with van der Waals surface area (Å²) in [5.41, 5.74) is 0.440. The number of anilines is 1. The van der Waals surface area contributed by atoms with Crippen molar-refractivity contribution in [3.05, 3.63) is 23.2 Å². The predicted octanol–water partition coefficient (Wildman–Crippen LogP) is 2.96. The Morgan fingerprint density at radius 1 is 1.55 bits per heavy atom. The molecule has 1 heterocycles. The molecule has 1 aliphatic heterocycles. The molecule has 112 valence electrons. The highest BCUT2D eigenvalue weighted by molar-refractivity contribution is 7.99. The zero-order valence-corrected chi connectivity index (χ0v) is 12.5. The lowest BCUT2D eigenvalue weighted by Crippen LogP contribution is -2.37. The van der Waals surface area contributed by atoms with E-state index >= 15 is 0 Å². The van der Waals surface area contributed by atoms with Crippen molar-refractivity contribution in [1.29, 1.82) is 0 Å². The molecule has 1 amide bonds. The number of alkyl halides is 2. The molecule has 1 aliphatic rings. The van der Waals surface area contributed by atoms with E-state index in [9.17, 15) is 13.6 Å². The minimum absolute atomic E-state index is 0. The fourth-order valence-corrected chi connectivity index (χ4v) is 2.73. The summed E-state index contributed by atoms with van der Waals surface area (Å²) in [5, 5.41) is 5.71. The molecule has 0 aliphatic carbocycles. The van der Waals surface area contributed by atoms with Crippen LogP contribution in [0.3, 0.4) is 0 Å². The molecule has 1 atom stereocenters. The first-order valence-electron chi connectivity index (χ1n) is 5.42. The van der Waals surface area contributed by atoms with Gasteiger partial charge in [0, 0.05) is 17.3 Å². The lowest BCUT2D eigenvalue weighted by molar-refractivity contribution is -0.117. The first-order chi connectivity index (χ1) is 9.06. The van der Waals surface area contributed by atoms with Gasteiger partial charge < -0.3 is 10.1 Å². The molecule has 20 heavy (non-hydrogen) atoms. The third kappa shape index (κ3) is 4.66. The SMILES string of the molecule is Cl.O=C(Nc1ccc(OC(F)F)c(Cl)c1)C1CSCN1. The number of carbonyl (C=O) groups excluding carboxylic acids is 1. The normalized spacial score (nSPS) is 17.7. The minimum atomic E-state index is -2.93. The van der Waals surface area contributed by atoms with E-state index in [1.54, 1.807) is 11.8 Å². The molecule has 0 aromatic heterocycles. The van der Waals surface area contributed by atoms with E-state index in [1.807, 2.05) is 0 Å². The van der Waals surface area contributed by atoms with Gasteiger partial charge in [0.1, 0.15) is 5.75 Å². The summed E-state index contributed by atoms with van der Waals surface area (Å²) in [6.45, 7) is -2.93. The van der Waals surface area contributed by atoms with Crippen LogP contribution < -0.4 is 15.4 Å². The van der Waals surface area contributed by atoms with Crippen LogP contribution in [-0.4, -0.2) is 30.2 Å². The molecule has 2 N–H and O–H groups in total. The quantitative estimate of drug-likeness (QED) is 0.881. The molecule has 1 aromatic carbocycles. The van der Waals surface area contributed by atoms with Crippen LogP contribution in [0.15, 0.2) is 18.2 Å². The summed E-state index contributed by atoms with van der Waals surface area (Å²) >= 11 is 7.42. The first kappa shape index (κ1) is 17.3. The Bertz CT molecular complexity index is 474. The van der Waals surface area contributed by atoms with Gasteiger partial charge in [0.2, 0.25) is 5.91 Å². The standard InChI is InChI=1S/C11H11ClF2N2O2S.ClH/c12-7-3-6(1-2-9(7)18-11(13)14)16-10(17)8-4-19-5-15-8;/h1-3,8,11,15H,4-5H2,(H,16,17);1H. The van der Waals surface area contributed by atoms with Crippen molar-refractivity contribution in [2.45, 2.75) is 12.7 Å². The topological polar surface area (TPSA) is 50.4 Å². The Balaban J connectivity index is 0.00000200. The Hall–Kier alpha value is -0.760. The van der Waals surface area contributed by atoms with E-state index in [0.29, 0.717) is 11.4 Å². The van der Waals surface area contributed by atoms with Crippen LogP contribution in [0.2, 0.25) is 5.02 Å². The van der Waals surface area contributed by atoms with E-state index in [4.69, 9.17) is 11.6 Å². The van der Waals surface area contributed by atoms with E-state index in [1.165, 1.54) is 18.2 Å². The predicted molar refractivity (Wildman–Crippen MR) is 78.2 cm³/mol. The lowest BCUT2D eigenvalue weighted by Gasteiger charge is -2.12. The number of ether oxygens (including phenoxy) is 1. The highest BCUT2D eigenvalue weighted by Gasteiger charge is 2.22. The van der Waals surface area contributed by atoms with Crippen molar-refractivity contribution in [1.82, 2.24) is 5.32 Å². The highest BCUT2D eigenvalue weighted by Crippen LogP contribution is 2.29. The fraction of sp³-hybridized carbons (Fsp3) is 0.364. The molecule has 1 unspecified atom stereocenters. The van der Waals surface area contributed by atoms with Gasteiger partial charge in [-0.05, 0) is 18.2 Å². The van der Waals surface area contributed by atoms with Gasteiger partial charge >= 0.3 is 6.61 Å². The number of benzene rings is 1. The van der Waals surface area contributed by atoms with Gasteiger partial charge in [0.05, 0.1) is 11.1 Å². The maximum absolute atomic E-state index is 12.1. The number of halogens is 4. The van der Waals surface area contributed by atoms with Crippen LogP contribution in [0.25, 0.3) is 0 Å². The molecule has 9 heteroatoms. The van der Waals surface area contributed by atoms with Crippen molar-refractivity contribution in [2.24, 2.45) is 0 Å². The summed E-state index contributed by atoms with van der Waals surface area (Å²) < 4.78 is 28.3. The molecular weight excluding hydrogens is 333 g/mol. The zero-order valence-electron chi connectivity index (χ0n) is 10.1. The number of hydrogen-bond donors (Lipinski definition) is 2. The average molecular weight is 345 g/mol. The molecule has 4 nitrogen and oxygen atoms in total. The molecule has 1 fully saturated rings. The van der Waals surface area contributed by atoms with Crippen LogP contribution >= 0.6 is 35.8 Å². The lowest BCUT2D eigenvalue weighted by atomic mass is 10.2. The van der Waals surface area contributed by atoms with Crippen LogP contribution in [0.4, 0.5) is 14.5 Å². The number of rotatable bonds is 4. The largest absolute Gasteiger partial charge is 0.433 e. The van der Waals surface area contributed by atoms with E-state index < -0.39 is 6.61 Å². The van der Waals surface area contributed by atoms with Crippen molar-refractivity contribution >= 4 is 47.4 Å². The Morgan fingerprint density at radius 2 is 2.30 bits per heavy atom. The van der Waals surface area contributed by atoms with Crippen LogP contribution in [0.5, 0.6) is 5.75 Å². The van der Waals surface area contributed by atoms with E-state index in [0.717, 1.165) is 5.88 Å². The second kappa shape index (κ2) is 7.87. The monoisotopic (exact) mass is 344 g/mol. The Labute approximate surface area is 130 Å². The number of nitrogens with one attached hydrogen (secondary N) is 2. The van der Waals surface area contributed by atoms with Gasteiger partial charge in [-0.3, -0.25) is 10.1 Å². The van der Waals surface area contributed by atoms with Crippen LogP contribution in [-0.2, 0) is 4.79 Å². The van der Waals surface area contributed by atoms with Gasteiger partial charge in [0.15, 0.2) is 0 Å². The third-order valence-electron chi connectivity index (χ3n) is 2.45. The van der Waals surface area contributed by atoms with Gasteiger partial charge in [-0.15, -0.1) is 24.2 Å². The molecule has 0 saturated carbocycles. The smallest absolute Gasteiger partial charge is 0.387 e. The Kier molecular flexibility index (Phi) is 6.81. The molecule has 1 saturated heterocycles. The van der Waals surface area contributed by atoms with Gasteiger partial charge in [0.25, 0.3) is 0 Å². The Morgan fingerprint density at radius 3 is 2.85 bits per heavy atom. The minimum Gasteiger partial charge on any atom is -0.433 e. The van der Waals surface area contributed by atoms with Crippen LogP contribution in [0.1, 0.15) is 0 Å². The number of thioether (sulfide) groups is 1. The third-order valence-corrected chi connectivity index (χ3v) is 3.68. The molecule has 0 spiro atoms. The second-order valence-electron chi connectivity index (χ2n) is 3.78. The van der Waals surface area contributed by atoms with Crippen molar-refractivity contribution in [2.75, 3.05) is 16.9 Å². The van der Waals surface area contributed by atoms with Crippen LogP contribution in [0, 0.1) is 0 Å². The van der Waals surface area contributed by atoms with Gasteiger partial charge in [-0.25, -0.2) is 0 Å². The molecule has 2 rings (SSSR count). The number of amides is 1. The summed E-state index contributed by atoms with van der Waals surface area (Å²) in [6.07, 6.45) is 0. The van der Waals surface area contributed by atoms with Crippen molar-refractivity contribution in [3.63, 3.8) is 0 Å². The molecule has 0 bridgehead atoms. The summed E-state index contributed by atoms with van der Waals surface area (Å²) in [7, 11) is 0. The summed E-state index contributed by atoms with van der Waals surface area (Å²) in [6, 6.07) is 3.88. The number of carbonyl (C=O) groups is 1. The van der Waals surface area contributed by atoms with Crippen molar-refractivity contribution < 1.29 is 18.3 Å². The molecular formula is C11H12Cl2F2N2O2S. The fourth-order valence-electron chi connectivity index (χ4n) is 1.56. The van der Waals surface area contributed by atoms with E-state index in [-0.39, 0.29) is 35.1 Å². The highest BCUT2D eigenvalue weighted by atomic mass is 35.5. The van der Waals surface area contributed by atoms with Crippen molar-refractivity contribution in [3.8, 4) is 5.75 Å². The zero-order chi connectivity index (χ0) is 13.8. The van der Waals surface area contributed by atoms with Gasteiger partial charge in [-0.2, -0.15) is 8.78 Å². The summed E-state index contributed by atoms with van der Waals surface area (Å²) in [4.78, 5) is 11.8. The second-order valence-corrected chi connectivity index (χ2v) is 5.22. The van der Waals surface area contributed by atoms with E-state index in [2.05, 4.69) is 15.4 Å². The first-order valence-corrected chi connectivity index (χ1v) is 6.96. The maximum atomic E-state index is 12.1. The number of hydrogen-bond acceptors (Lipinski definition) is 4. The molecule has 1 aromatic rings.